The molecule has 2 N–H and O–H groups in total. The number of hydrogen-bond acceptors (Lipinski definition) is 10. The molecule has 3 heterocycles. The van der Waals surface area contributed by atoms with Crippen molar-refractivity contribution in [1.82, 2.24) is 26.2 Å². The van der Waals surface area contributed by atoms with Crippen LogP contribution in [0.4, 0.5) is 0 Å². The highest BCUT2D eigenvalue weighted by molar-refractivity contribution is 6.99. The molecule has 0 aliphatic rings. The summed E-state index contributed by atoms with van der Waals surface area (Å²) in [5, 5.41) is 0. The topological polar surface area (TPSA) is 103 Å². The van der Waals surface area contributed by atoms with Crippen molar-refractivity contribution in [2.45, 2.75) is 18.4 Å². The van der Waals surface area contributed by atoms with Crippen LogP contribution in [-0.2, 0) is 6.42 Å². The van der Waals surface area contributed by atoms with Crippen LogP contribution in [0.15, 0.2) is 18.6 Å². The molecule has 10 heteroatoms. The highest BCUT2D eigenvalue weighted by atomic mass is 32.1. The molecule has 3 aromatic rings. The largest absolute Gasteiger partial charge is 0.322 e. The quantitative estimate of drug-likeness (QED) is 0.756. The van der Waals surface area contributed by atoms with E-state index >= 15 is 0 Å². The van der Waals surface area contributed by atoms with Crippen molar-refractivity contribution in [3.8, 4) is 0 Å². The zero-order chi connectivity index (χ0) is 13.1. The fraction of sp³-hybridized carbons (Fsp3) is 0.333. The third kappa shape index (κ3) is 2.81. The van der Waals surface area contributed by atoms with Crippen LogP contribution in [0, 0.1) is 0 Å². The average Bonchev–Trinajstić information content (AvgIpc) is 3.15. The van der Waals surface area contributed by atoms with E-state index < -0.39 is 0 Å². The Labute approximate surface area is 121 Å². The maximum absolute atomic E-state index is 6.29. The highest BCUT2D eigenvalue weighted by Crippen LogP contribution is 2.30. The first-order valence-corrected chi connectivity index (χ1v) is 7.60. The van der Waals surface area contributed by atoms with Crippen LogP contribution in [-0.4, -0.2) is 26.2 Å². The normalized spacial score (nSPS) is 14.4. The van der Waals surface area contributed by atoms with E-state index in [2.05, 4.69) is 26.2 Å². The molecule has 0 saturated carbocycles. The van der Waals surface area contributed by atoms with Gasteiger partial charge in [0.05, 0.1) is 76.9 Å². The molecule has 7 nitrogen and oxygen atoms in total. The summed E-state index contributed by atoms with van der Waals surface area (Å²) in [6, 6.07) is -0.274. The molecule has 3 aromatic heterocycles. The van der Waals surface area contributed by atoms with E-state index in [9.17, 15) is 0 Å². The van der Waals surface area contributed by atoms with Gasteiger partial charge < -0.3 is 5.73 Å². The standard InChI is InChI=1S/C9H9N7S3/c10-9(8-4-13-19-16-8)6(7-3-12-18-15-7)1-5-2-11-17-14-5/h2-4,6,9H,1,10H2. The van der Waals surface area contributed by atoms with Crippen molar-refractivity contribution < 1.29 is 0 Å². The van der Waals surface area contributed by atoms with Crippen molar-refractivity contribution in [3.05, 3.63) is 35.7 Å². The Kier molecular flexibility index (Phi) is 3.82. The van der Waals surface area contributed by atoms with E-state index in [1.807, 2.05) is 0 Å². The average molecular weight is 311 g/mol. The van der Waals surface area contributed by atoms with Gasteiger partial charge in [0.15, 0.2) is 0 Å². The SMILES string of the molecule is NC(c1cnsn1)C(Cc1cnsn1)c1cnsn1. The summed E-state index contributed by atoms with van der Waals surface area (Å²) in [4.78, 5) is 0. The third-order valence-corrected chi connectivity index (χ3v) is 4.25. The Morgan fingerprint density at radius 3 is 2.11 bits per heavy atom. The van der Waals surface area contributed by atoms with E-state index in [4.69, 9.17) is 5.73 Å². The highest BCUT2D eigenvalue weighted by Gasteiger charge is 2.26. The summed E-state index contributed by atoms with van der Waals surface area (Å²) in [5.41, 5.74) is 8.82. The molecule has 0 saturated heterocycles. The van der Waals surface area contributed by atoms with Gasteiger partial charge in [0.2, 0.25) is 0 Å². The van der Waals surface area contributed by atoms with Crippen LogP contribution in [0.3, 0.4) is 0 Å². The van der Waals surface area contributed by atoms with Crippen LogP contribution in [0.1, 0.15) is 29.0 Å². The molecule has 0 bridgehead atoms. The van der Waals surface area contributed by atoms with Gasteiger partial charge in [0.1, 0.15) is 0 Å². The maximum Gasteiger partial charge on any atom is 0.0917 e. The van der Waals surface area contributed by atoms with Gasteiger partial charge in [-0.2, -0.15) is 26.2 Å². The number of aromatic nitrogens is 6. The van der Waals surface area contributed by atoms with Crippen molar-refractivity contribution >= 4 is 35.2 Å². The van der Waals surface area contributed by atoms with Gasteiger partial charge in [-0.15, -0.1) is 0 Å². The van der Waals surface area contributed by atoms with Gasteiger partial charge in [-0.1, -0.05) is 0 Å². The fourth-order valence-electron chi connectivity index (χ4n) is 1.77. The molecular weight excluding hydrogens is 302 g/mol. The second kappa shape index (κ2) is 5.74. The van der Waals surface area contributed by atoms with E-state index in [-0.39, 0.29) is 12.0 Å². The number of nitrogens with two attached hydrogens (primary N) is 1. The molecule has 98 valence electrons. The fourth-order valence-corrected chi connectivity index (χ4v) is 3.16. The van der Waals surface area contributed by atoms with Crippen LogP contribution < -0.4 is 5.73 Å². The van der Waals surface area contributed by atoms with Gasteiger partial charge in [-0.3, -0.25) is 0 Å². The molecule has 0 aromatic carbocycles. The predicted octanol–water partition coefficient (Wildman–Crippen LogP) is 1.27. The zero-order valence-corrected chi connectivity index (χ0v) is 12.0. The lowest BCUT2D eigenvalue weighted by molar-refractivity contribution is 0.530. The van der Waals surface area contributed by atoms with Gasteiger partial charge >= 0.3 is 0 Å². The molecule has 0 aliphatic heterocycles. The lowest BCUT2D eigenvalue weighted by Crippen LogP contribution is -2.22. The molecule has 0 amide bonds. The van der Waals surface area contributed by atoms with Gasteiger partial charge in [0, 0.05) is 12.3 Å². The summed E-state index contributed by atoms with van der Waals surface area (Å²) >= 11 is 3.51. The van der Waals surface area contributed by atoms with E-state index in [1.54, 1.807) is 18.6 Å². The lowest BCUT2D eigenvalue weighted by Gasteiger charge is -2.19. The Morgan fingerprint density at radius 1 is 0.895 bits per heavy atom. The van der Waals surface area contributed by atoms with Gasteiger partial charge in [-0.25, -0.2) is 0 Å². The Bertz CT molecular complexity index is 592. The molecule has 0 aliphatic carbocycles. The number of rotatable bonds is 5. The van der Waals surface area contributed by atoms with E-state index in [0.717, 1.165) is 28.8 Å². The number of nitrogens with zero attached hydrogens (tertiary/aromatic N) is 6. The van der Waals surface area contributed by atoms with Crippen LogP contribution in [0.25, 0.3) is 0 Å². The Balaban J connectivity index is 1.88. The molecule has 2 unspecified atom stereocenters. The summed E-state index contributed by atoms with van der Waals surface area (Å²) in [6.07, 6.45) is 5.86. The summed E-state index contributed by atoms with van der Waals surface area (Å²) < 4.78 is 24.8. The molecule has 3 rings (SSSR count). The maximum atomic E-state index is 6.29. The molecule has 2 atom stereocenters. The first-order valence-electron chi connectivity index (χ1n) is 5.41. The Morgan fingerprint density at radius 2 is 1.53 bits per heavy atom. The second-order valence-corrected chi connectivity index (χ2v) is 5.57. The van der Waals surface area contributed by atoms with Crippen LogP contribution in [0.5, 0.6) is 0 Å². The first-order chi connectivity index (χ1) is 9.34. The first kappa shape index (κ1) is 12.7. The minimum atomic E-state index is -0.274. The molecule has 0 fully saturated rings. The van der Waals surface area contributed by atoms with Crippen LogP contribution >= 0.6 is 35.2 Å². The number of hydrogen-bond donors (Lipinski definition) is 1. The smallest absolute Gasteiger partial charge is 0.0917 e. The van der Waals surface area contributed by atoms with Crippen molar-refractivity contribution in [2.24, 2.45) is 5.73 Å². The van der Waals surface area contributed by atoms with E-state index in [1.165, 1.54) is 23.5 Å². The van der Waals surface area contributed by atoms with Gasteiger partial charge in [-0.05, 0) is 0 Å². The summed E-state index contributed by atoms with van der Waals surface area (Å²) in [6.45, 7) is 0. The minimum Gasteiger partial charge on any atom is -0.322 e. The van der Waals surface area contributed by atoms with Crippen molar-refractivity contribution in [2.75, 3.05) is 0 Å². The molecule has 0 spiro atoms. The van der Waals surface area contributed by atoms with Crippen molar-refractivity contribution in [1.29, 1.82) is 0 Å². The molecular formula is C9H9N7S3. The predicted molar refractivity (Wildman–Crippen MR) is 73.1 cm³/mol. The lowest BCUT2D eigenvalue weighted by atomic mass is 9.91. The van der Waals surface area contributed by atoms with E-state index in [0.29, 0.717) is 6.42 Å². The summed E-state index contributed by atoms with van der Waals surface area (Å²) in [5.74, 6) is -0.0217. The Hall–Kier alpha value is -1.36. The minimum absolute atomic E-state index is 0.0217. The molecule has 0 radical (unpaired) electrons. The van der Waals surface area contributed by atoms with Gasteiger partial charge in [0.25, 0.3) is 0 Å². The molecule has 19 heavy (non-hydrogen) atoms. The second-order valence-electron chi connectivity index (χ2n) is 3.90. The summed E-state index contributed by atoms with van der Waals surface area (Å²) in [7, 11) is 0. The third-order valence-electron chi connectivity index (χ3n) is 2.75. The zero-order valence-electron chi connectivity index (χ0n) is 9.58. The monoisotopic (exact) mass is 311 g/mol. The van der Waals surface area contributed by atoms with Crippen LogP contribution in [0.2, 0.25) is 0 Å². The van der Waals surface area contributed by atoms with Crippen molar-refractivity contribution in [3.63, 3.8) is 0 Å².